The predicted molar refractivity (Wildman–Crippen MR) is 73.8 cm³/mol. The Kier molecular flexibility index (Phi) is 4.90. The quantitative estimate of drug-likeness (QED) is 0.773. The highest BCUT2D eigenvalue weighted by atomic mass is 15.1. The summed E-state index contributed by atoms with van der Waals surface area (Å²) in [7, 11) is 4.12. The van der Waals surface area contributed by atoms with Gasteiger partial charge in [-0.2, -0.15) is 0 Å². The molecule has 1 saturated heterocycles. The van der Waals surface area contributed by atoms with Crippen molar-refractivity contribution in [3.63, 3.8) is 0 Å². The minimum Gasteiger partial charge on any atom is -0.370 e. The van der Waals surface area contributed by atoms with E-state index in [4.69, 9.17) is 0 Å². The molecule has 18 heavy (non-hydrogen) atoms. The van der Waals surface area contributed by atoms with Gasteiger partial charge in [0, 0.05) is 32.3 Å². The molecular weight excluding hydrogens is 226 g/mol. The average Bonchev–Trinajstić information content (AvgIpc) is 2.80. The Bertz CT molecular complexity index is 368. The van der Waals surface area contributed by atoms with Gasteiger partial charge >= 0.3 is 0 Å². The van der Waals surface area contributed by atoms with E-state index in [-0.39, 0.29) is 0 Å². The first-order chi connectivity index (χ1) is 8.78. The molecule has 0 spiro atoms. The van der Waals surface area contributed by atoms with Crippen molar-refractivity contribution in [1.29, 1.82) is 0 Å². The largest absolute Gasteiger partial charge is 0.370 e. The SMILES string of the molecule is CNCCc1nccc(NCC2CCN(C)C2)n1. The van der Waals surface area contributed by atoms with Crippen LogP contribution in [0.1, 0.15) is 12.2 Å². The van der Waals surface area contributed by atoms with Gasteiger partial charge in [-0.05, 0) is 39.0 Å². The van der Waals surface area contributed by atoms with Crippen LogP contribution in [0.5, 0.6) is 0 Å². The molecule has 100 valence electrons. The minimum atomic E-state index is 0.741. The number of hydrogen-bond donors (Lipinski definition) is 2. The van der Waals surface area contributed by atoms with Crippen LogP contribution in [-0.4, -0.2) is 55.1 Å². The average molecular weight is 249 g/mol. The van der Waals surface area contributed by atoms with Gasteiger partial charge in [-0.25, -0.2) is 9.97 Å². The van der Waals surface area contributed by atoms with Crippen molar-refractivity contribution in [2.75, 3.05) is 45.6 Å². The Labute approximate surface area is 109 Å². The van der Waals surface area contributed by atoms with Crippen molar-refractivity contribution in [1.82, 2.24) is 20.2 Å². The molecule has 0 amide bonds. The first kappa shape index (κ1) is 13.2. The van der Waals surface area contributed by atoms with Gasteiger partial charge in [0.05, 0.1) is 0 Å². The topological polar surface area (TPSA) is 53.1 Å². The highest BCUT2D eigenvalue weighted by molar-refractivity contribution is 5.33. The molecule has 2 N–H and O–H groups in total. The molecule has 5 nitrogen and oxygen atoms in total. The number of aromatic nitrogens is 2. The third-order valence-corrected chi connectivity index (χ3v) is 3.36. The van der Waals surface area contributed by atoms with E-state index in [2.05, 4.69) is 32.5 Å². The van der Waals surface area contributed by atoms with E-state index in [1.165, 1.54) is 19.5 Å². The zero-order valence-electron chi connectivity index (χ0n) is 11.3. The Morgan fingerprint density at radius 1 is 1.50 bits per heavy atom. The third kappa shape index (κ3) is 3.92. The molecule has 0 aliphatic carbocycles. The van der Waals surface area contributed by atoms with Crippen LogP contribution < -0.4 is 10.6 Å². The predicted octanol–water partition coefficient (Wildman–Crippen LogP) is 0.602. The van der Waals surface area contributed by atoms with Gasteiger partial charge in [0.15, 0.2) is 0 Å². The number of nitrogens with zero attached hydrogens (tertiary/aromatic N) is 3. The summed E-state index contributed by atoms with van der Waals surface area (Å²) in [5.74, 6) is 2.59. The van der Waals surface area contributed by atoms with Crippen LogP contribution in [0.25, 0.3) is 0 Å². The monoisotopic (exact) mass is 249 g/mol. The van der Waals surface area contributed by atoms with Gasteiger partial charge in [-0.3, -0.25) is 0 Å². The van der Waals surface area contributed by atoms with Crippen molar-refractivity contribution in [2.45, 2.75) is 12.8 Å². The summed E-state index contributed by atoms with van der Waals surface area (Å²) >= 11 is 0. The van der Waals surface area contributed by atoms with Gasteiger partial charge in [-0.1, -0.05) is 0 Å². The summed E-state index contributed by atoms with van der Waals surface area (Å²) in [5, 5.41) is 6.54. The lowest BCUT2D eigenvalue weighted by molar-refractivity contribution is 0.399. The molecule has 1 fully saturated rings. The van der Waals surface area contributed by atoms with Crippen molar-refractivity contribution in [3.8, 4) is 0 Å². The van der Waals surface area contributed by atoms with Crippen molar-refractivity contribution >= 4 is 5.82 Å². The van der Waals surface area contributed by atoms with Crippen molar-refractivity contribution in [3.05, 3.63) is 18.1 Å². The lowest BCUT2D eigenvalue weighted by atomic mass is 10.1. The fourth-order valence-electron chi connectivity index (χ4n) is 2.30. The third-order valence-electron chi connectivity index (χ3n) is 3.36. The van der Waals surface area contributed by atoms with Crippen LogP contribution in [0.15, 0.2) is 12.3 Å². The molecule has 0 saturated carbocycles. The second-order valence-electron chi connectivity index (χ2n) is 5.01. The molecule has 1 aromatic heterocycles. The number of anilines is 1. The Morgan fingerprint density at radius 3 is 3.11 bits per heavy atom. The van der Waals surface area contributed by atoms with Crippen molar-refractivity contribution in [2.24, 2.45) is 5.92 Å². The van der Waals surface area contributed by atoms with E-state index in [1.807, 2.05) is 19.3 Å². The van der Waals surface area contributed by atoms with Gasteiger partial charge in [-0.15, -0.1) is 0 Å². The van der Waals surface area contributed by atoms with Crippen LogP contribution in [0.3, 0.4) is 0 Å². The molecule has 0 aromatic carbocycles. The summed E-state index contributed by atoms with van der Waals surface area (Å²) in [6.07, 6.45) is 3.99. The van der Waals surface area contributed by atoms with Gasteiger partial charge in [0.2, 0.25) is 0 Å². The second kappa shape index (κ2) is 6.66. The van der Waals surface area contributed by atoms with Crippen molar-refractivity contribution < 1.29 is 0 Å². The van der Waals surface area contributed by atoms with Crippen LogP contribution >= 0.6 is 0 Å². The number of likely N-dealkylation sites (N-methyl/N-ethyl adjacent to an activating group) is 1. The number of rotatable bonds is 6. The molecule has 1 unspecified atom stereocenters. The van der Waals surface area contributed by atoms with E-state index < -0.39 is 0 Å². The maximum atomic E-state index is 4.51. The van der Waals surface area contributed by atoms with E-state index in [0.29, 0.717) is 0 Å². The Morgan fingerprint density at radius 2 is 2.39 bits per heavy atom. The Hall–Kier alpha value is -1.20. The van der Waals surface area contributed by atoms with E-state index in [9.17, 15) is 0 Å². The lowest BCUT2D eigenvalue weighted by Gasteiger charge is -2.12. The van der Waals surface area contributed by atoms with Crippen LogP contribution in [0, 0.1) is 5.92 Å². The lowest BCUT2D eigenvalue weighted by Crippen LogP contribution is -2.20. The fraction of sp³-hybridized carbons (Fsp3) is 0.692. The summed E-state index contributed by atoms with van der Waals surface area (Å²) in [5.41, 5.74) is 0. The summed E-state index contributed by atoms with van der Waals surface area (Å²) < 4.78 is 0. The maximum absolute atomic E-state index is 4.51. The zero-order chi connectivity index (χ0) is 12.8. The molecule has 1 atom stereocenters. The summed E-state index contributed by atoms with van der Waals surface area (Å²) in [6.45, 7) is 4.32. The standard InChI is InChI=1S/C13H23N5/c1-14-6-3-12-15-7-4-13(17-12)16-9-11-5-8-18(2)10-11/h4,7,11,14H,3,5-6,8-10H2,1-2H3,(H,15,16,17). The maximum Gasteiger partial charge on any atom is 0.131 e. The van der Waals surface area contributed by atoms with Gasteiger partial charge in [0.25, 0.3) is 0 Å². The minimum absolute atomic E-state index is 0.741. The normalized spacial score (nSPS) is 20.2. The van der Waals surface area contributed by atoms with Crippen LogP contribution in [0.2, 0.25) is 0 Å². The second-order valence-corrected chi connectivity index (χ2v) is 5.01. The highest BCUT2D eigenvalue weighted by Crippen LogP contribution is 2.14. The van der Waals surface area contributed by atoms with Crippen LogP contribution in [-0.2, 0) is 6.42 Å². The molecule has 1 aromatic rings. The molecule has 2 rings (SSSR count). The molecule has 1 aliphatic rings. The molecule has 5 heteroatoms. The van der Waals surface area contributed by atoms with E-state index in [0.717, 1.165) is 37.1 Å². The number of likely N-dealkylation sites (tertiary alicyclic amines) is 1. The smallest absolute Gasteiger partial charge is 0.131 e. The number of nitrogens with one attached hydrogen (secondary N) is 2. The fourth-order valence-corrected chi connectivity index (χ4v) is 2.30. The molecule has 0 radical (unpaired) electrons. The summed E-state index contributed by atoms with van der Waals surface area (Å²) in [6, 6.07) is 1.95. The number of hydrogen-bond acceptors (Lipinski definition) is 5. The molecular formula is C13H23N5. The molecule has 0 bridgehead atoms. The van der Waals surface area contributed by atoms with E-state index >= 15 is 0 Å². The highest BCUT2D eigenvalue weighted by Gasteiger charge is 2.18. The molecule has 2 heterocycles. The Balaban J connectivity index is 1.81. The first-order valence-corrected chi connectivity index (χ1v) is 6.67. The van der Waals surface area contributed by atoms with Gasteiger partial charge < -0.3 is 15.5 Å². The van der Waals surface area contributed by atoms with Gasteiger partial charge in [0.1, 0.15) is 11.6 Å². The molecule has 1 aliphatic heterocycles. The van der Waals surface area contributed by atoms with E-state index in [1.54, 1.807) is 0 Å². The summed E-state index contributed by atoms with van der Waals surface area (Å²) in [4.78, 5) is 11.2. The van der Waals surface area contributed by atoms with Crippen LogP contribution in [0.4, 0.5) is 5.82 Å². The zero-order valence-corrected chi connectivity index (χ0v) is 11.3. The first-order valence-electron chi connectivity index (χ1n) is 6.67.